The van der Waals surface area contributed by atoms with Crippen LogP contribution >= 0.6 is 0 Å². The summed E-state index contributed by atoms with van der Waals surface area (Å²) in [4.78, 5) is 16.7. The van der Waals surface area contributed by atoms with Crippen LogP contribution in [0.2, 0.25) is 0 Å². The Kier molecular flexibility index (Phi) is 4.15. The number of amides is 1. The highest BCUT2D eigenvalue weighted by atomic mass is 16.5. The summed E-state index contributed by atoms with van der Waals surface area (Å²) in [5.74, 6) is 0.188. The summed E-state index contributed by atoms with van der Waals surface area (Å²) >= 11 is 0. The fraction of sp³-hybridized carbons (Fsp3) is 0.588. The predicted octanol–water partition coefficient (Wildman–Crippen LogP) is 2.13. The third-order valence-electron chi connectivity index (χ3n) is 4.37. The Balaban J connectivity index is 1.60. The second-order valence-corrected chi connectivity index (χ2v) is 6.16. The van der Waals surface area contributed by atoms with Crippen molar-refractivity contribution in [2.75, 3.05) is 37.7 Å². The molecule has 0 N–H and O–H groups in total. The lowest BCUT2D eigenvalue weighted by Gasteiger charge is -2.37. The highest BCUT2D eigenvalue weighted by Gasteiger charge is 2.30. The molecule has 21 heavy (non-hydrogen) atoms. The van der Waals surface area contributed by atoms with E-state index in [1.807, 2.05) is 4.90 Å². The maximum Gasteiger partial charge on any atom is 0.251 e. The van der Waals surface area contributed by atoms with Crippen LogP contribution in [-0.4, -0.2) is 49.7 Å². The Labute approximate surface area is 126 Å². The highest BCUT2D eigenvalue weighted by Crippen LogP contribution is 2.21. The Morgan fingerprint density at radius 2 is 1.76 bits per heavy atom. The molecular formula is C17H24N2O2. The minimum atomic E-state index is -0.183. The van der Waals surface area contributed by atoms with E-state index in [0.29, 0.717) is 0 Å². The molecule has 2 fully saturated rings. The summed E-state index contributed by atoms with van der Waals surface area (Å²) in [6.45, 7) is 8.40. The zero-order valence-electron chi connectivity index (χ0n) is 13.0. The summed E-state index contributed by atoms with van der Waals surface area (Å²) in [5, 5.41) is 0. The molecule has 2 aliphatic heterocycles. The zero-order chi connectivity index (χ0) is 14.8. The average Bonchev–Trinajstić information content (AvgIpc) is 3.00. The second kappa shape index (κ2) is 6.06. The number of hydrogen-bond donors (Lipinski definition) is 0. The number of aryl methyl sites for hydroxylation is 2. The molecule has 0 radical (unpaired) electrons. The van der Waals surface area contributed by atoms with Gasteiger partial charge < -0.3 is 14.5 Å². The van der Waals surface area contributed by atoms with E-state index in [9.17, 15) is 4.79 Å². The molecule has 2 aliphatic rings. The van der Waals surface area contributed by atoms with Crippen LogP contribution in [-0.2, 0) is 9.53 Å². The molecule has 0 aromatic heterocycles. The maximum atomic E-state index is 12.3. The van der Waals surface area contributed by atoms with Gasteiger partial charge in [0.15, 0.2) is 0 Å². The van der Waals surface area contributed by atoms with Gasteiger partial charge in [0.1, 0.15) is 6.10 Å². The fourth-order valence-electron chi connectivity index (χ4n) is 3.29. The van der Waals surface area contributed by atoms with Crippen LogP contribution in [0.3, 0.4) is 0 Å². The van der Waals surface area contributed by atoms with E-state index in [-0.39, 0.29) is 12.0 Å². The van der Waals surface area contributed by atoms with Gasteiger partial charge in [-0.15, -0.1) is 0 Å². The van der Waals surface area contributed by atoms with Gasteiger partial charge in [-0.3, -0.25) is 4.79 Å². The number of benzene rings is 1. The molecule has 2 saturated heterocycles. The lowest BCUT2D eigenvalue weighted by Crippen LogP contribution is -2.51. The smallest absolute Gasteiger partial charge is 0.251 e. The van der Waals surface area contributed by atoms with Gasteiger partial charge in [-0.1, -0.05) is 6.07 Å². The maximum absolute atomic E-state index is 12.3. The van der Waals surface area contributed by atoms with Gasteiger partial charge in [0.25, 0.3) is 5.91 Å². The van der Waals surface area contributed by atoms with Crippen molar-refractivity contribution in [2.45, 2.75) is 32.8 Å². The van der Waals surface area contributed by atoms with Crippen molar-refractivity contribution in [2.24, 2.45) is 0 Å². The van der Waals surface area contributed by atoms with Crippen LogP contribution < -0.4 is 4.90 Å². The summed E-state index contributed by atoms with van der Waals surface area (Å²) in [6.07, 6.45) is 1.72. The first-order chi connectivity index (χ1) is 10.1. The van der Waals surface area contributed by atoms with E-state index in [4.69, 9.17) is 4.74 Å². The van der Waals surface area contributed by atoms with Crippen LogP contribution in [0.5, 0.6) is 0 Å². The van der Waals surface area contributed by atoms with Gasteiger partial charge in [0.05, 0.1) is 0 Å². The minimum absolute atomic E-state index is 0.183. The number of carbonyl (C=O) groups is 1. The molecule has 3 rings (SSSR count). The normalized spacial score (nSPS) is 22.7. The van der Waals surface area contributed by atoms with Crippen molar-refractivity contribution >= 4 is 11.6 Å². The Bertz CT molecular complexity index is 495. The topological polar surface area (TPSA) is 32.8 Å². The Morgan fingerprint density at radius 3 is 2.33 bits per heavy atom. The van der Waals surface area contributed by atoms with Gasteiger partial charge in [-0.05, 0) is 49.9 Å². The molecule has 1 unspecified atom stereocenters. The molecule has 4 heteroatoms. The summed E-state index contributed by atoms with van der Waals surface area (Å²) in [5.41, 5.74) is 3.86. The molecule has 0 bridgehead atoms. The van der Waals surface area contributed by atoms with Crippen LogP contribution in [0.4, 0.5) is 5.69 Å². The monoisotopic (exact) mass is 288 g/mol. The van der Waals surface area contributed by atoms with E-state index in [0.717, 1.165) is 45.6 Å². The first kappa shape index (κ1) is 14.4. The molecule has 114 valence electrons. The van der Waals surface area contributed by atoms with Crippen molar-refractivity contribution in [3.05, 3.63) is 29.3 Å². The molecule has 1 aromatic rings. The SMILES string of the molecule is Cc1cc(C)cc(N2CCN(C(=O)C3CCCO3)CC2)c1. The van der Waals surface area contributed by atoms with Crippen LogP contribution in [0.25, 0.3) is 0 Å². The van der Waals surface area contributed by atoms with Crippen molar-refractivity contribution in [3.8, 4) is 0 Å². The summed E-state index contributed by atoms with van der Waals surface area (Å²) in [7, 11) is 0. The Morgan fingerprint density at radius 1 is 1.10 bits per heavy atom. The number of anilines is 1. The standard InChI is InChI=1S/C17H24N2O2/c1-13-10-14(2)12-15(11-13)18-5-7-19(8-6-18)17(20)16-4-3-9-21-16/h10-12,16H,3-9H2,1-2H3. The Hall–Kier alpha value is -1.55. The van der Waals surface area contributed by atoms with Crippen LogP contribution in [0.1, 0.15) is 24.0 Å². The largest absolute Gasteiger partial charge is 0.368 e. The van der Waals surface area contributed by atoms with Crippen molar-refractivity contribution in [3.63, 3.8) is 0 Å². The first-order valence-electron chi connectivity index (χ1n) is 7.87. The van der Waals surface area contributed by atoms with E-state index in [1.165, 1.54) is 16.8 Å². The van der Waals surface area contributed by atoms with Gasteiger partial charge in [-0.25, -0.2) is 0 Å². The lowest BCUT2D eigenvalue weighted by atomic mass is 10.1. The molecule has 0 saturated carbocycles. The predicted molar refractivity (Wildman–Crippen MR) is 83.7 cm³/mol. The first-order valence-corrected chi connectivity index (χ1v) is 7.87. The molecule has 1 amide bonds. The average molecular weight is 288 g/mol. The van der Waals surface area contributed by atoms with Gasteiger partial charge >= 0.3 is 0 Å². The number of piperazine rings is 1. The van der Waals surface area contributed by atoms with Gasteiger partial charge in [0.2, 0.25) is 0 Å². The second-order valence-electron chi connectivity index (χ2n) is 6.16. The van der Waals surface area contributed by atoms with Crippen molar-refractivity contribution < 1.29 is 9.53 Å². The quantitative estimate of drug-likeness (QED) is 0.836. The number of hydrogen-bond acceptors (Lipinski definition) is 3. The fourth-order valence-corrected chi connectivity index (χ4v) is 3.29. The number of ether oxygens (including phenoxy) is 1. The van der Waals surface area contributed by atoms with Crippen molar-refractivity contribution in [1.29, 1.82) is 0 Å². The van der Waals surface area contributed by atoms with Crippen LogP contribution in [0, 0.1) is 13.8 Å². The van der Waals surface area contributed by atoms with Gasteiger partial charge in [-0.2, -0.15) is 0 Å². The third-order valence-corrected chi connectivity index (χ3v) is 4.37. The third kappa shape index (κ3) is 3.21. The molecule has 0 aliphatic carbocycles. The van der Waals surface area contributed by atoms with E-state index < -0.39 is 0 Å². The molecule has 4 nitrogen and oxygen atoms in total. The van der Waals surface area contributed by atoms with Crippen LogP contribution in [0.15, 0.2) is 18.2 Å². The molecular weight excluding hydrogens is 264 g/mol. The number of nitrogens with zero attached hydrogens (tertiary/aromatic N) is 2. The lowest BCUT2D eigenvalue weighted by molar-refractivity contribution is -0.141. The number of carbonyl (C=O) groups excluding carboxylic acids is 1. The molecule has 1 atom stereocenters. The minimum Gasteiger partial charge on any atom is -0.368 e. The molecule has 2 heterocycles. The summed E-state index contributed by atoms with van der Waals surface area (Å²) < 4.78 is 5.51. The molecule has 0 spiro atoms. The van der Waals surface area contributed by atoms with Gasteiger partial charge in [0, 0.05) is 38.5 Å². The van der Waals surface area contributed by atoms with E-state index >= 15 is 0 Å². The van der Waals surface area contributed by atoms with E-state index in [1.54, 1.807) is 0 Å². The zero-order valence-corrected chi connectivity index (χ0v) is 13.0. The molecule has 1 aromatic carbocycles. The number of rotatable bonds is 2. The van der Waals surface area contributed by atoms with Crippen molar-refractivity contribution in [1.82, 2.24) is 4.90 Å². The summed E-state index contributed by atoms with van der Waals surface area (Å²) in [6, 6.07) is 6.65. The van der Waals surface area contributed by atoms with E-state index in [2.05, 4.69) is 36.9 Å². The highest BCUT2D eigenvalue weighted by molar-refractivity contribution is 5.81.